The van der Waals surface area contributed by atoms with E-state index in [-0.39, 0.29) is 11.8 Å². The van der Waals surface area contributed by atoms with Gasteiger partial charge in [-0.05, 0) is 49.2 Å². The molecule has 2 aromatic rings. The monoisotopic (exact) mass is 355 g/mol. The van der Waals surface area contributed by atoms with Crippen molar-refractivity contribution in [1.82, 2.24) is 10.3 Å². The first-order valence-electron chi connectivity index (χ1n) is 8.55. The largest absolute Gasteiger partial charge is 0.299 e. The highest BCUT2D eigenvalue weighted by Gasteiger charge is 2.24. The van der Waals surface area contributed by atoms with Crippen molar-refractivity contribution in [3.8, 4) is 0 Å². The molecular formula is C20H22ClN3O. The van der Waals surface area contributed by atoms with Gasteiger partial charge < -0.3 is 0 Å². The van der Waals surface area contributed by atoms with Crippen LogP contribution in [0.3, 0.4) is 0 Å². The highest BCUT2D eigenvalue weighted by molar-refractivity contribution is 6.30. The predicted octanol–water partition coefficient (Wildman–Crippen LogP) is 3.70. The molecule has 0 atom stereocenters. The first kappa shape index (κ1) is 17.6. The number of halogens is 1. The fraction of sp³-hybridized carbons (Fsp3) is 0.300. The zero-order chi connectivity index (χ0) is 17.5. The van der Waals surface area contributed by atoms with Gasteiger partial charge in [0.15, 0.2) is 0 Å². The van der Waals surface area contributed by atoms with E-state index in [4.69, 9.17) is 11.6 Å². The summed E-state index contributed by atoms with van der Waals surface area (Å²) in [5.41, 5.74) is 4.89. The van der Waals surface area contributed by atoms with Crippen molar-refractivity contribution < 1.29 is 4.79 Å². The first-order valence-corrected chi connectivity index (χ1v) is 8.93. The molecule has 2 aromatic carbocycles. The van der Waals surface area contributed by atoms with Crippen molar-refractivity contribution in [1.29, 1.82) is 0 Å². The molecule has 1 aliphatic heterocycles. The number of rotatable bonds is 5. The van der Waals surface area contributed by atoms with E-state index >= 15 is 0 Å². The zero-order valence-corrected chi connectivity index (χ0v) is 14.8. The molecule has 130 valence electrons. The van der Waals surface area contributed by atoms with E-state index in [0.717, 1.165) is 43.1 Å². The number of hydrogen-bond donors (Lipinski definition) is 1. The van der Waals surface area contributed by atoms with Crippen LogP contribution in [-0.4, -0.2) is 30.1 Å². The molecule has 0 bridgehead atoms. The lowest BCUT2D eigenvalue weighted by atomic mass is 9.96. The Hall–Kier alpha value is -2.17. The minimum atomic E-state index is 0.0123. The molecule has 1 fully saturated rings. The van der Waals surface area contributed by atoms with Gasteiger partial charge in [0.2, 0.25) is 5.91 Å². The minimum Gasteiger partial charge on any atom is -0.299 e. The van der Waals surface area contributed by atoms with E-state index in [9.17, 15) is 4.79 Å². The number of nitrogens with zero attached hydrogens (tertiary/aromatic N) is 2. The van der Waals surface area contributed by atoms with Gasteiger partial charge in [0.05, 0.1) is 6.21 Å². The molecule has 0 radical (unpaired) electrons. The number of hydrazone groups is 1. The van der Waals surface area contributed by atoms with Crippen LogP contribution in [0.4, 0.5) is 0 Å². The fourth-order valence-electron chi connectivity index (χ4n) is 3.00. The summed E-state index contributed by atoms with van der Waals surface area (Å²) in [6.07, 6.45) is 3.40. The lowest BCUT2D eigenvalue weighted by molar-refractivity contribution is -0.126. The van der Waals surface area contributed by atoms with Crippen molar-refractivity contribution in [2.75, 3.05) is 13.1 Å². The topological polar surface area (TPSA) is 44.7 Å². The Morgan fingerprint density at radius 1 is 1.12 bits per heavy atom. The van der Waals surface area contributed by atoms with Crippen LogP contribution in [-0.2, 0) is 11.3 Å². The first-order chi connectivity index (χ1) is 12.2. The molecule has 0 spiro atoms. The number of likely N-dealkylation sites (tertiary alicyclic amines) is 1. The quantitative estimate of drug-likeness (QED) is 0.656. The number of hydrogen-bond acceptors (Lipinski definition) is 3. The Morgan fingerprint density at radius 3 is 2.48 bits per heavy atom. The van der Waals surface area contributed by atoms with E-state index in [1.165, 1.54) is 5.56 Å². The molecule has 3 rings (SSSR count). The Labute approximate surface area is 153 Å². The maximum absolute atomic E-state index is 12.2. The second-order valence-electron chi connectivity index (χ2n) is 6.32. The second kappa shape index (κ2) is 8.79. The van der Waals surface area contributed by atoms with Gasteiger partial charge >= 0.3 is 0 Å². The molecule has 1 N–H and O–H groups in total. The summed E-state index contributed by atoms with van der Waals surface area (Å²) in [5.74, 6) is 0.0488. The number of carbonyl (C=O) groups excluding carboxylic acids is 1. The van der Waals surface area contributed by atoms with Crippen LogP contribution in [0, 0.1) is 5.92 Å². The molecule has 1 aliphatic rings. The molecule has 5 heteroatoms. The number of piperidine rings is 1. The number of nitrogens with one attached hydrogen (secondary N) is 1. The maximum atomic E-state index is 12.2. The minimum absolute atomic E-state index is 0.0123. The molecule has 1 heterocycles. The number of amides is 1. The Morgan fingerprint density at radius 2 is 1.80 bits per heavy atom. The summed E-state index contributed by atoms with van der Waals surface area (Å²) in [6.45, 7) is 2.74. The van der Waals surface area contributed by atoms with E-state index < -0.39 is 0 Å². The Kier molecular flexibility index (Phi) is 6.20. The lowest BCUT2D eigenvalue weighted by Gasteiger charge is -2.30. The van der Waals surface area contributed by atoms with Crippen LogP contribution in [0.5, 0.6) is 0 Å². The van der Waals surface area contributed by atoms with Crippen LogP contribution >= 0.6 is 11.6 Å². The molecule has 4 nitrogen and oxygen atoms in total. The van der Waals surface area contributed by atoms with Crippen molar-refractivity contribution >= 4 is 23.7 Å². The van der Waals surface area contributed by atoms with Crippen molar-refractivity contribution in [3.05, 3.63) is 70.7 Å². The average Bonchev–Trinajstić information content (AvgIpc) is 2.65. The fourth-order valence-corrected chi connectivity index (χ4v) is 3.13. The van der Waals surface area contributed by atoms with Crippen molar-refractivity contribution in [2.45, 2.75) is 19.4 Å². The summed E-state index contributed by atoms with van der Waals surface area (Å²) in [5, 5.41) is 4.82. The highest BCUT2D eigenvalue weighted by Crippen LogP contribution is 2.20. The summed E-state index contributed by atoms with van der Waals surface area (Å²) in [6, 6.07) is 17.7. The van der Waals surface area contributed by atoms with Crippen molar-refractivity contribution in [2.24, 2.45) is 11.0 Å². The van der Waals surface area contributed by atoms with Gasteiger partial charge in [0, 0.05) is 17.5 Å². The summed E-state index contributed by atoms with van der Waals surface area (Å²) < 4.78 is 0. The third-order valence-electron chi connectivity index (χ3n) is 4.47. The van der Waals surface area contributed by atoms with Crippen molar-refractivity contribution in [3.63, 3.8) is 0 Å². The lowest BCUT2D eigenvalue weighted by Crippen LogP contribution is -2.39. The van der Waals surface area contributed by atoms with Crippen LogP contribution in [0.2, 0.25) is 5.02 Å². The van der Waals surface area contributed by atoms with E-state index in [1.54, 1.807) is 6.21 Å². The van der Waals surface area contributed by atoms with E-state index in [1.807, 2.05) is 42.5 Å². The molecule has 0 aromatic heterocycles. The third-order valence-corrected chi connectivity index (χ3v) is 4.72. The average molecular weight is 356 g/mol. The molecule has 0 aliphatic carbocycles. The van der Waals surface area contributed by atoms with Crippen LogP contribution in [0.1, 0.15) is 24.0 Å². The SMILES string of the molecule is O=C(N/N=C\c1ccccc1)C1CCN(Cc2ccc(Cl)cc2)CC1. The standard InChI is InChI=1S/C20H22ClN3O/c21-19-8-6-17(7-9-19)15-24-12-10-18(11-13-24)20(25)23-22-14-16-4-2-1-3-5-16/h1-9,14,18H,10-13,15H2,(H,23,25)/b22-14-. The smallest absolute Gasteiger partial charge is 0.243 e. The molecule has 25 heavy (non-hydrogen) atoms. The third kappa shape index (κ3) is 5.41. The van der Waals surface area contributed by atoms with E-state index in [0.29, 0.717) is 0 Å². The van der Waals surface area contributed by atoms with Gasteiger partial charge in [-0.2, -0.15) is 5.10 Å². The summed E-state index contributed by atoms with van der Waals surface area (Å²) in [4.78, 5) is 14.6. The Balaban J connectivity index is 1.43. The van der Waals surface area contributed by atoms with Gasteiger partial charge in [0.25, 0.3) is 0 Å². The number of carbonyl (C=O) groups is 1. The normalized spacial score (nSPS) is 16.2. The number of benzene rings is 2. The molecule has 1 saturated heterocycles. The molecular weight excluding hydrogens is 334 g/mol. The summed E-state index contributed by atoms with van der Waals surface area (Å²) >= 11 is 5.92. The predicted molar refractivity (Wildman–Crippen MR) is 102 cm³/mol. The molecule has 0 unspecified atom stereocenters. The zero-order valence-electron chi connectivity index (χ0n) is 14.1. The van der Waals surface area contributed by atoms with Gasteiger partial charge in [-0.25, -0.2) is 5.43 Å². The maximum Gasteiger partial charge on any atom is 0.243 e. The second-order valence-corrected chi connectivity index (χ2v) is 6.76. The van der Waals surface area contributed by atoms with Crippen LogP contribution in [0.25, 0.3) is 0 Å². The molecule has 1 amide bonds. The van der Waals surface area contributed by atoms with Gasteiger partial charge in [-0.3, -0.25) is 9.69 Å². The highest BCUT2D eigenvalue weighted by atomic mass is 35.5. The van der Waals surface area contributed by atoms with Gasteiger partial charge in [-0.1, -0.05) is 54.1 Å². The van der Waals surface area contributed by atoms with Crippen LogP contribution < -0.4 is 5.43 Å². The van der Waals surface area contributed by atoms with Gasteiger partial charge in [0.1, 0.15) is 0 Å². The van der Waals surface area contributed by atoms with Crippen LogP contribution in [0.15, 0.2) is 59.7 Å². The van der Waals surface area contributed by atoms with Gasteiger partial charge in [-0.15, -0.1) is 0 Å². The Bertz CT molecular complexity index is 707. The molecule has 0 saturated carbocycles. The summed E-state index contributed by atoms with van der Waals surface area (Å²) in [7, 11) is 0. The van der Waals surface area contributed by atoms with E-state index in [2.05, 4.69) is 27.6 Å².